The van der Waals surface area contributed by atoms with Crippen molar-refractivity contribution >= 4 is 11.8 Å². The zero-order valence-electron chi connectivity index (χ0n) is 9.38. The van der Waals surface area contributed by atoms with Crippen molar-refractivity contribution in [3.05, 3.63) is 35.4 Å². The molecule has 0 aliphatic carbocycles. The summed E-state index contributed by atoms with van der Waals surface area (Å²) < 4.78 is 25.6. The summed E-state index contributed by atoms with van der Waals surface area (Å²) in [5, 5.41) is 0. The van der Waals surface area contributed by atoms with E-state index in [9.17, 15) is 8.78 Å². The highest BCUT2D eigenvalue weighted by molar-refractivity contribution is 7.99. The fraction of sp³-hybridized carbons (Fsp3) is 0.500. The lowest BCUT2D eigenvalue weighted by atomic mass is 10.1. The Morgan fingerprint density at radius 2 is 2.06 bits per heavy atom. The van der Waals surface area contributed by atoms with Crippen LogP contribution in [0.4, 0.5) is 8.78 Å². The Hall–Kier alpha value is -0.610. The van der Waals surface area contributed by atoms with Crippen molar-refractivity contribution in [2.75, 3.05) is 11.5 Å². The number of hydrogen-bond acceptors (Lipinski definition) is 2. The molecule has 0 fully saturated rings. The average Bonchev–Trinajstić information content (AvgIpc) is 2.28. The van der Waals surface area contributed by atoms with Gasteiger partial charge in [-0.3, -0.25) is 0 Å². The predicted molar refractivity (Wildman–Crippen MR) is 65.5 cm³/mol. The molecule has 2 N–H and O–H groups in total. The number of unbranched alkanes of at least 4 members (excludes halogenated alkanes) is 1. The zero-order chi connectivity index (χ0) is 12.0. The Morgan fingerprint density at radius 3 is 2.69 bits per heavy atom. The largest absolute Gasteiger partial charge is 0.323 e. The van der Waals surface area contributed by atoms with Crippen LogP contribution in [0, 0.1) is 11.6 Å². The van der Waals surface area contributed by atoms with E-state index in [0.717, 1.165) is 30.4 Å². The van der Waals surface area contributed by atoms with Crippen LogP contribution < -0.4 is 5.73 Å². The molecule has 0 radical (unpaired) electrons. The summed E-state index contributed by atoms with van der Waals surface area (Å²) >= 11 is 1.75. The van der Waals surface area contributed by atoms with E-state index >= 15 is 0 Å². The summed E-state index contributed by atoms with van der Waals surface area (Å²) in [6.07, 6.45) is 2.32. The van der Waals surface area contributed by atoms with Gasteiger partial charge in [0.25, 0.3) is 0 Å². The molecule has 1 unspecified atom stereocenters. The van der Waals surface area contributed by atoms with Crippen molar-refractivity contribution < 1.29 is 8.78 Å². The van der Waals surface area contributed by atoms with Gasteiger partial charge in [0, 0.05) is 11.8 Å². The standard InChI is InChI=1S/C12H17F2NS/c1-2-3-6-16-8-12(15)9-4-5-10(13)11(14)7-9/h4-5,7,12H,2-3,6,8,15H2,1H3. The molecular weight excluding hydrogens is 228 g/mol. The molecule has 0 saturated heterocycles. The first-order valence-electron chi connectivity index (χ1n) is 5.43. The number of halogens is 2. The van der Waals surface area contributed by atoms with E-state index in [1.807, 2.05) is 0 Å². The van der Waals surface area contributed by atoms with Crippen LogP contribution in [0.5, 0.6) is 0 Å². The maximum Gasteiger partial charge on any atom is 0.159 e. The smallest absolute Gasteiger partial charge is 0.159 e. The van der Waals surface area contributed by atoms with Crippen LogP contribution in [0.2, 0.25) is 0 Å². The first-order chi connectivity index (χ1) is 7.65. The van der Waals surface area contributed by atoms with Gasteiger partial charge in [-0.2, -0.15) is 11.8 Å². The van der Waals surface area contributed by atoms with Gasteiger partial charge in [-0.25, -0.2) is 8.78 Å². The number of hydrogen-bond donors (Lipinski definition) is 1. The fourth-order valence-electron chi connectivity index (χ4n) is 1.30. The molecule has 0 saturated carbocycles. The number of thioether (sulfide) groups is 1. The van der Waals surface area contributed by atoms with Crippen molar-refractivity contribution in [1.82, 2.24) is 0 Å². The summed E-state index contributed by atoms with van der Waals surface area (Å²) in [5.41, 5.74) is 6.54. The third kappa shape index (κ3) is 4.10. The minimum Gasteiger partial charge on any atom is -0.323 e. The van der Waals surface area contributed by atoms with Crippen molar-refractivity contribution in [3.63, 3.8) is 0 Å². The second-order valence-corrected chi connectivity index (χ2v) is 4.86. The van der Waals surface area contributed by atoms with E-state index in [1.54, 1.807) is 17.8 Å². The van der Waals surface area contributed by atoms with E-state index < -0.39 is 11.6 Å². The van der Waals surface area contributed by atoms with Crippen molar-refractivity contribution in [2.24, 2.45) is 5.73 Å². The van der Waals surface area contributed by atoms with Gasteiger partial charge in [-0.05, 0) is 29.9 Å². The molecule has 1 nitrogen and oxygen atoms in total. The lowest BCUT2D eigenvalue weighted by Gasteiger charge is -2.11. The highest BCUT2D eigenvalue weighted by atomic mass is 32.2. The van der Waals surface area contributed by atoms with Crippen LogP contribution in [0.3, 0.4) is 0 Å². The highest BCUT2D eigenvalue weighted by Gasteiger charge is 2.09. The molecular formula is C12H17F2NS. The summed E-state index contributed by atoms with van der Waals surface area (Å²) in [6, 6.07) is 3.63. The maximum atomic E-state index is 12.9. The van der Waals surface area contributed by atoms with Gasteiger partial charge in [-0.1, -0.05) is 19.4 Å². The van der Waals surface area contributed by atoms with Crippen molar-refractivity contribution in [2.45, 2.75) is 25.8 Å². The third-order valence-electron chi connectivity index (χ3n) is 2.31. The third-order valence-corrected chi connectivity index (χ3v) is 3.48. The molecule has 1 rings (SSSR count). The van der Waals surface area contributed by atoms with E-state index in [2.05, 4.69) is 6.92 Å². The Morgan fingerprint density at radius 1 is 1.31 bits per heavy atom. The molecule has 1 aromatic carbocycles. The number of nitrogens with two attached hydrogens (primary N) is 1. The first-order valence-corrected chi connectivity index (χ1v) is 6.59. The molecule has 0 bridgehead atoms. The van der Waals surface area contributed by atoms with Gasteiger partial charge < -0.3 is 5.73 Å². The van der Waals surface area contributed by atoms with Crippen LogP contribution >= 0.6 is 11.8 Å². The van der Waals surface area contributed by atoms with Crippen LogP contribution in [-0.4, -0.2) is 11.5 Å². The Balaban J connectivity index is 2.46. The molecule has 0 amide bonds. The second-order valence-electron chi connectivity index (χ2n) is 3.71. The molecule has 1 atom stereocenters. The first kappa shape index (κ1) is 13.5. The number of benzene rings is 1. The Bertz CT molecular complexity index is 331. The molecule has 1 aromatic rings. The normalized spacial score (nSPS) is 12.8. The van der Waals surface area contributed by atoms with Crippen molar-refractivity contribution in [3.8, 4) is 0 Å². The van der Waals surface area contributed by atoms with Crippen LogP contribution in [0.15, 0.2) is 18.2 Å². The van der Waals surface area contributed by atoms with Gasteiger partial charge in [0.2, 0.25) is 0 Å². The van der Waals surface area contributed by atoms with Crippen LogP contribution in [0.25, 0.3) is 0 Å². The molecule has 4 heteroatoms. The minimum absolute atomic E-state index is 0.225. The summed E-state index contributed by atoms with van der Waals surface area (Å²) in [4.78, 5) is 0. The van der Waals surface area contributed by atoms with Gasteiger partial charge in [0.05, 0.1) is 0 Å². The number of rotatable bonds is 6. The second kappa shape index (κ2) is 6.86. The topological polar surface area (TPSA) is 26.0 Å². The lowest BCUT2D eigenvalue weighted by molar-refractivity contribution is 0.506. The van der Waals surface area contributed by atoms with Crippen molar-refractivity contribution in [1.29, 1.82) is 0 Å². The van der Waals surface area contributed by atoms with Gasteiger partial charge >= 0.3 is 0 Å². The SMILES string of the molecule is CCCCSCC(N)c1ccc(F)c(F)c1. The summed E-state index contributed by atoms with van der Waals surface area (Å²) in [5.74, 6) is 0.153. The molecule has 16 heavy (non-hydrogen) atoms. The van der Waals surface area contributed by atoms with E-state index in [-0.39, 0.29) is 6.04 Å². The highest BCUT2D eigenvalue weighted by Crippen LogP contribution is 2.19. The van der Waals surface area contributed by atoms with E-state index in [4.69, 9.17) is 5.73 Å². The Kier molecular flexibility index (Phi) is 5.77. The fourth-order valence-corrected chi connectivity index (χ4v) is 2.40. The molecule has 90 valence electrons. The quantitative estimate of drug-likeness (QED) is 0.776. The molecule has 0 aromatic heterocycles. The monoisotopic (exact) mass is 245 g/mol. The van der Waals surface area contributed by atoms with Crippen LogP contribution in [0.1, 0.15) is 31.4 Å². The summed E-state index contributed by atoms with van der Waals surface area (Å²) in [6.45, 7) is 2.13. The van der Waals surface area contributed by atoms with Gasteiger partial charge in [0.15, 0.2) is 11.6 Å². The molecule has 0 spiro atoms. The maximum absolute atomic E-state index is 12.9. The van der Waals surface area contributed by atoms with Gasteiger partial charge in [-0.15, -0.1) is 0 Å². The molecule has 0 aliphatic rings. The Labute approximate surface area is 99.4 Å². The van der Waals surface area contributed by atoms with Gasteiger partial charge in [0.1, 0.15) is 0 Å². The van der Waals surface area contributed by atoms with E-state index in [0.29, 0.717) is 5.56 Å². The summed E-state index contributed by atoms with van der Waals surface area (Å²) in [7, 11) is 0. The zero-order valence-corrected chi connectivity index (χ0v) is 10.2. The minimum atomic E-state index is -0.827. The predicted octanol–water partition coefficient (Wildman–Crippen LogP) is 3.50. The van der Waals surface area contributed by atoms with E-state index in [1.165, 1.54) is 6.07 Å². The lowest BCUT2D eigenvalue weighted by Crippen LogP contribution is -2.13. The molecule has 0 aliphatic heterocycles. The molecule has 0 heterocycles. The average molecular weight is 245 g/mol. The van der Waals surface area contributed by atoms with Crippen LogP contribution in [-0.2, 0) is 0 Å².